The molecule has 2 rings (SSSR count). The fourth-order valence-electron chi connectivity index (χ4n) is 2.65. The summed E-state index contributed by atoms with van der Waals surface area (Å²) in [6.07, 6.45) is 2.01. The molecule has 0 fully saturated rings. The van der Waals surface area contributed by atoms with Crippen LogP contribution in [0.25, 0.3) is 0 Å². The number of sulfone groups is 1. The second kappa shape index (κ2) is 8.99. The van der Waals surface area contributed by atoms with Crippen LogP contribution < -0.4 is 5.32 Å². The molecule has 0 aliphatic heterocycles. The summed E-state index contributed by atoms with van der Waals surface area (Å²) in [6, 6.07) is 15.3. The van der Waals surface area contributed by atoms with E-state index in [9.17, 15) is 13.2 Å². The second-order valence-corrected chi connectivity index (χ2v) is 9.10. The van der Waals surface area contributed by atoms with E-state index in [1.54, 1.807) is 54.6 Å². The lowest BCUT2D eigenvalue weighted by atomic mass is 10.0. The van der Waals surface area contributed by atoms with Crippen LogP contribution in [0, 0.1) is 5.92 Å². The molecule has 0 unspecified atom stereocenters. The van der Waals surface area contributed by atoms with E-state index in [-0.39, 0.29) is 17.7 Å². The van der Waals surface area contributed by atoms with Crippen LogP contribution in [-0.2, 0) is 15.6 Å². The molecule has 0 spiro atoms. The first-order valence-electron chi connectivity index (χ1n) is 8.95. The van der Waals surface area contributed by atoms with Gasteiger partial charge < -0.3 is 5.32 Å². The zero-order valence-corrected chi connectivity index (χ0v) is 16.4. The quantitative estimate of drug-likeness (QED) is 0.754. The van der Waals surface area contributed by atoms with Crippen LogP contribution in [0.4, 0.5) is 0 Å². The van der Waals surface area contributed by atoms with Gasteiger partial charge in [-0.1, -0.05) is 44.2 Å². The molecule has 0 bridgehead atoms. The van der Waals surface area contributed by atoms with E-state index in [1.807, 2.05) is 6.92 Å². The van der Waals surface area contributed by atoms with Gasteiger partial charge in [-0.3, -0.25) is 4.79 Å². The molecule has 1 atom stereocenters. The normalized spacial score (nSPS) is 12.8. The van der Waals surface area contributed by atoms with Gasteiger partial charge in [0.15, 0.2) is 9.84 Å². The summed E-state index contributed by atoms with van der Waals surface area (Å²) in [5, 5.41) is 2.99. The summed E-state index contributed by atoms with van der Waals surface area (Å²) in [5.74, 6) is 0.405. The van der Waals surface area contributed by atoms with E-state index in [1.165, 1.54) is 0 Å². The van der Waals surface area contributed by atoms with Crippen LogP contribution in [0.1, 0.15) is 49.5 Å². The number of hydrogen-bond acceptors (Lipinski definition) is 3. The Hall–Kier alpha value is -2.14. The van der Waals surface area contributed by atoms with Crippen molar-refractivity contribution in [3.63, 3.8) is 0 Å². The Kier molecular flexibility index (Phi) is 6.98. The van der Waals surface area contributed by atoms with Crippen molar-refractivity contribution in [1.82, 2.24) is 5.32 Å². The van der Waals surface area contributed by atoms with Gasteiger partial charge >= 0.3 is 0 Å². The maximum atomic E-state index is 12.4. The molecule has 2 aromatic carbocycles. The molecular formula is C21H27NO3S. The number of benzene rings is 2. The van der Waals surface area contributed by atoms with Crippen molar-refractivity contribution in [3.05, 3.63) is 65.7 Å². The fraction of sp³-hybridized carbons (Fsp3) is 0.381. The van der Waals surface area contributed by atoms with Crippen molar-refractivity contribution in [2.75, 3.05) is 0 Å². The monoisotopic (exact) mass is 373 g/mol. The van der Waals surface area contributed by atoms with Gasteiger partial charge in [0.1, 0.15) is 0 Å². The zero-order chi connectivity index (χ0) is 19.2. The predicted octanol–water partition coefficient (Wildman–Crippen LogP) is 4.22. The van der Waals surface area contributed by atoms with Gasteiger partial charge in [-0.05, 0) is 55.5 Å². The highest BCUT2D eigenvalue weighted by molar-refractivity contribution is 7.90. The first kappa shape index (κ1) is 20.2. The van der Waals surface area contributed by atoms with Crippen molar-refractivity contribution in [2.24, 2.45) is 5.92 Å². The molecule has 1 amide bonds. The van der Waals surface area contributed by atoms with Gasteiger partial charge in [0, 0.05) is 11.6 Å². The van der Waals surface area contributed by atoms with E-state index in [2.05, 4.69) is 19.2 Å². The minimum Gasteiger partial charge on any atom is -0.350 e. The Morgan fingerprint density at radius 3 is 2.12 bits per heavy atom. The van der Waals surface area contributed by atoms with Gasteiger partial charge in [0.05, 0.1) is 10.6 Å². The number of carbonyl (C=O) groups is 1. The molecule has 4 nitrogen and oxygen atoms in total. The fourth-order valence-corrected chi connectivity index (χ4v) is 4.02. The van der Waals surface area contributed by atoms with Crippen molar-refractivity contribution in [1.29, 1.82) is 0 Å². The minimum atomic E-state index is -3.38. The van der Waals surface area contributed by atoms with Crippen molar-refractivity contribution < 1.29 is 13.2 Å². The maximum Gasteiger partial charge on any atom is 0.251 e. The Labute approximate surface area is 156 Å². The summed E-state index contributed by atoms with van der Waals surface area (Å²) in [4.78, 5) is 12.6. The molecule has 0 heterocycles. The molecular weight excluding hydrogens is 346 g/mol. The molecule has 0 aromatic heterocycles. The SMILES string of the molecule is CC(C)CC[C@H](C)NC(=O)c1ccc(CS(=O)(=O)c2ccccc2)cc1. The first-order valence-corrected chi connectivity index (χ1v) is 10.6. The molecule has 0 aliphatic rings. The molecule has 0 radical (unpaired) electrons. The van der Waals surface area contributed by atoms with Crippen molar-refractivity contribution >= 4 is 15.7 Å². The third-order valence-corrected chi connectivity index (χ3v) is 5.93. The molecule has 0 saturated heterocycles. The third-order valence-electron chi connectivity index (χ3n) is 4.23. The Morgan fingerprint density at radius 1 is 0.923 bits per heavy atom. The van der Waals surface area contributed by atoms with Gasteiger partial charge in [-0.25, -0.2) is 8.42 Å². The summed E-state index contributed by atoms with van der Waals surface area (Å²) in [6.45, 7) is 6.33. The van der Waals surface area contributed by atoms with Gasteiger partial charge in [-0.15, -0.1) is 0 Å². The highest BCUT2D eigenvalue weighted by Gasteiger charge is 2.15. The molecule has 26 heavy (non-hydrogen) atoms. The lowest BCUT2D eigenvalue weighted by molar-refractivity contribution is 0.0937. The van der Waals surface area contributed by atoms with Crippen LogP contribution in [0.3, 0.4) is 0 Å². The van der Waals surface area contributed by atoms with Crippen molar-refractivity contribution in [3.8, 4) is 0 Å². The van der Waals surface area contributed by atoms with E-state index >= 15 is 0 Å². The van der Waals surface area contributed by atoms with Gasteiger partial charge in [0.25, 0.3) is 5.91 Å². The average Bonchev–Trinajstić information content (AvgIpc) is 2.61. The predicted molar refractivity (Wildman–Crippen MR) is 105 cm³/mol. The number of hydrogen-bond donors (Lipinski definition) is 1. The third kappa shape index (κ3) is 5.99. The van der Waals surface area contributed by atoms with Crippen LogP contribution in [0.15, 0.2) is 59.5 Å². The summed E-state index contributed by atoms with van der Waals surface area (Å²) in [5.41, 5.74) is 1.21. The highest BCUT2D eigenvalue weighted by Crippen LogP contribution is 2.16. The lowest BCUT2D eigenvalue weighted by Gasteiger charge is -2.15. The maximum absolute atomic E-state index is 12.4. The van der Waals surface area contributed by atoms with Gasteiger partial charge in [-0.2, -0.15) is 0 Å². The standard InChI is InChI=1S/C21H27NO3S/c1-16(2)9-10-17(3)22-21(23)19-13-11-18(12-14-19)15-26(24,25)20-7-5-4-6-8-20/h4-8,11-14,16-17H,9-10,15H2,1-3H3,(H,22,23)/t17-/m0/s1. The average molecular weight is 374 g/mol. The van der Waals surface area contributed by atoms with Crippen LogP contribution in [0.2, 0.25) is 0 Å². The van der Waals surface area contributed by atoms with E-state index in [4.69, 9.17) is 0 Å². The number of amides is 1. The summed E-state index contributed by atoms with van der Waals surface area (Å²) in [7, 11) is -3.38. The largest absolute Gasteiger partial charge is 0.350 e. The number of nitrogens with one attached hydrogen (secondary N) is 1. The zero-order valence-electron chi connectivity index (χ0n) is 15.6. The molecule has 1 N–H and O–H groups in total. The molecule has 5 heteroatoms. The summed E-state index contributed by atoms with van der Waals surface area (Å²) >= 11 is 0. The molecule has 2 aromatic rings. The topological polar surface area (TPSA) is 63.2 Å². The van der Waals surface area contributed by atoms with E-state index in [0.717, 1.165) is 12.8 Å². The highest BCUT2D eigenvalue weighted by atomic mass is 32.2. The van der Waals surface area contributed by atoms with Crippen LogP contribution in [0.5, 0.6) is 0 Å². The Bertz CT molecular complexity index is 812. The Morgan fingerprint density at radius 2 is 1.54 bits per heavy atom. The van der Waals surface area contributed by atoms with Crippen molar-refractivity contribution in [2.45, 2.75) is 50.3 Å². The molecule has 140 valence electrons. The van der Waals surface area contributed by atoms with E-state index in [0.29, 0.717) is 21.9 Å². The van der Waals surface area contributed by atoms with Gasteiger partial charge in [0.2, 0.25) is 0 Å². The summed E-state index contributed by atoms with van der Waals surface area (Å²) < 4.78 is 24.8. The Balaban J connectivity index is 1.98. The van der Waals surface area contributed by atoms with Crippen LogP contribution >= 0.6 is 0 Å². The minimum absolute atomic E-state index is 0.0797. The second-order valence-electron chi connectivity index (χ2n) is 7.11. The number of rotatable bonds is 8. The lowest BCUT2D eigenvalue weighted by Crippen LogP contribution is -2.32. The molecule has 0 saturated carbocycles. The first-order chi connectivity index (χ1) is 12.3. The molecule has 0 aliphatic carbocycles. The number of carbonyl (C=O) groups excluding carboxylic acids is 1. The smallest absolute Gasteiger partial charge is 0.251 e. The van der Waals surface area contributed by atoms with Crippen LogP contribution in [-0.4, -0.2) is 20.4 Å². The van der Waals surface area contributed by atoms with E-state index < -0.39 is 9.84 Å².